The van der Waals surface area contributed by atoms with Gasteiger partial charge in [0.25, 0.3) is 0 Å². The highest BCUT2D eigenvalue weighted by molar-refractivity contribution is 5.97. The topological polar surface area (TPSA) is 50.9 Å². The number of hydrogen-bond acceptors (Lipinski definition) is 3. The van der Waals surface area contributed by atoms with Crippen LogP contribution in [0.2, 0.25) is 0 Å². The van der Waals surface area contributed by atoms with Crippen LogP contribution < -0.4 is 0 Å². The number of fused-ring (bicyclic) bond motifs is 1. The predicted octanol–water partition coefficient (Wildman–Crippen LogP) is 15.0. The Balaban J connectivity index is 1.50. The first kappa shape index (κ1) is 30.7. The van der Waals surface area contributed by atoms with Gasteiger partial charge in [-0.3, -0.25) is 9.55 Å². The van der Waals surface area contributed by atoms with Gasteiger partial charge in [0.1, 0.15) is 11.6 Å². The van der Waals surface area contributed by atoms with Crippen LogP contribution in [-0.4, -0.2) is 19.6 Å². The van der Waals surface area contributed by atoms with E-state index in [0.29, 0.717) is 44.8 Å². The summed E-state index contributed by atoms with van der Waals surface area (Å²) in [5, 5.41) is 12.4. The molecule has 0 bridgehead atoms. The highest BCUT2D eigenvalue weighted by Crippen LogP contribution is 2.45. The van der Waals surface area contributed by atoms with Gasteiger partial charge in [0, 0.05) is 40.9 Å². The summed E-state index contributed by atoms with van der Waals surface area (Å²) in [6, 6.07) is 42.0. The fourth-order valence-electron chi connectivity index (χ4n) is 8.23. The molecule has 2 aromatic heterocycles. The van der Waals surface area contributed by atoms with Crippen LogP contribution >= 0.6 is 0 Å². The average molecular weight is 797 g/mol. The molecule has 8 rings (SSSR count). The van der Waals surface area contributed by atoms with E-state index in [2.05, 4.69) is 47.6 Å². The fourth-order valence-corrected chi connectivity index (χ4v) is 8.23. The van der Waals surface area contributed by atoms with Gasteiger partial charge in [-0.1, -0.05) is 159 Å². The highest BCUT2D eigenvalue weighted by atomic mass is 16.3. The Bertz CT molecular complexity index is 3170. The normalized spacial score (nSPS) is 15.2. The second kappa shape index (κ2) is 15.1. The van der Waals surface area contributed by atoms with Gasteiger partial charge in [-0.15, -0.1) is 0 Å². The lowest BCUT2D eigenvalue weighted by atomic mass is 9.79. The van der Waals surface area contributed by atoms with E-state index in [1.54, 1.807) is 12.3 Å². The fraction of sp³-hybridized carbons (Fsp3) is 0.250. The molecule has 302 valence electrons. The van der Waals surface area contributed by atoms with Crippen molar-refractivity contribution in [3.63, 3.8) is 0 Å². The summed E-state index contributed by atoms with van der Waals surface area (Å²) >= 11 is 0. The molecular formula is C56H57N3O. The van der Waals surface area contributed by atoms with Crippen molar-refractivity contribution in [2.45, 2.75) is 92.2 Å². The van der Waals surface area contributed by atoms with E-state index >= 15 is 0 Å². The van der Waals surface area contributed by atoms with Crippen LogP contribution in [0.1, 0.15) is 102 Å². The SMILES string of the molecule is [2H]C([2H])([2H])C(c1cc(-c2ncc(C)c(-c3ccccc3)c2C)cc(-c2cccc3c2nc(-c2cc(C(C)(C)C)cc(C(C)(C)C)c2O)n3-c2ccc(-c3ccccc3)cc2)c1)(C([2H])([2H])[2H])C([2H])([2H])[2H]. The lowest BCUT2D eigenvalue weighted by Gasteiger charge is -2.27. The van der Waals surface area contributed by atoms with Crippen molar-refractivity contribution in [3.05, 3.63) is 167 Å². The summed E-state index contributed by atoms with van der Waals surface area (Å²) in [6.45, 7) is 5.77. The molecule has 0 spiro atoms. The molecular weight excluding hydrogens is 731 g/mol. The summed E-state index contributed by atoms with van der Waals surface area (Å²) in [5.74, 6) is 0.507. The van der Waals surface area contributed by atoms with E-state index in [4.69, 9.17) is 22.3 Å². The number of aromatic hydroxyl groups is 1. The van der Waals surface area contributed by atoms with Gasteiger partial charge in [0.05, 0.1) is 22.3 Å². The molecule has 4 nitrogen and oxygen atoms in total. The van der Waals surface area contributed by atoms with Crippen molar-refractivity contribution < 1.29 is 17.4 Å². The third-order valence-electron chi connectivity index (χ3n) is 11.5. The lowest BCUT2D eigenvalue weighted by Crippen LogP contribution is -2.17. The monoisotopic (exact) mass is 797 g/mol. The largest absolute Gasteiger partial charge is 0.507 e. The summed E-state index contributed by atoms with van der Waals surface area (Å²) in [7, 11) is 0. The van der Waals surface area contributed by atoms with Crippen molar-refractivity contribution in [1.82, 2.24) is 14.5 Å². The molecule has 0 saturated heterocycles. The van der Waals surface area contributed by atoms with Crippen LogP contribution in [0.5, 0.6) is 5.75 Å². The summed E-state index contributed by atoms with van der Waals surface area (Å²) < 4.78 is 81.0. The molecule has 6 aromatic carbocycles. The number of imidazole rings is 1. The van der Waals surface area contributed by atoms with Crippen LogP contribution in [0.25, 0.3) is 72.7 Å². The third kappa shape index (κ3) is 7.56. The van der Waals surface area contributed by atoms with E-state index in [1.165, 1.54) is 12.1 Å². The molecule has 0 saturated carbocycles. The number of pyridine rings is 1. The molecule has 0 aliphatic rings. The second-order valence-electron chi connectivity index (χ2n) is 18.0. The van der Waals surface area contributed by atoms with Crippen molar-refractivity contribution in [2.75, 3.05) is 0 Å². The number of rotatable bonds is 6. The van der Waals surface area contributed by atoms with E-state index in [1.807, 2.05) is 128 Å². The molecule has 2 heterocycles. The minimum atomic E-state index is -3.53. The summed E-state index contributed by atoms with van der Waals surface area (Å²) in [5.41, 5.74) is 6.57. The number of hydrogen-bond donors (Lipinski definition) is 1. The predicted molar refractivity (Wildman–Crippen MR) is 253 cm³/mol. The van der Waals surface area contributed by atoms with Gasteiger partial charge < -0.3 is 5.11 Å². The Morgan fingerprint density at radius 2 is 1.18 bits per heavy atom. The first-order valence-electron chi connectivity index (χ1n) is 24.9. The Labute approximate surface area is 369 Å². The van der Waals surface area contributed by atoms with Gasteiger partial charge in [0.15, 0.2) is 0 Å². The van der Waals surface area contributed by atoms with Gasteiger partial charge in [-0.25, -0.2) is 4.98 Å². The van der Waals surface area contributed by atoms with Gasteiger partial charge in [-0.05, 0) is 117 Å². The minimum Gasteiger partial charge on any atom is -0.507 e. The van der Waals surface area contributed by atoms with E-state index in [0.717, 1.165) is 50.2 Å². The van der Waals surface area contributed by atoms with Crippen molar-refractivity contribution >= 4 is 11.0 Å². The van der Waals surface area contributed by atoms with Crippen LogP contribution in [0.3, 0.4) is 0 Å². The van der Waals surface area contributed by atoms with Crippen molar-refractivity contribution in [2.24, 2.45) is 0 Å². The first-order chi connectivity index (χ1) is 32.1. The number of aromatic nitrogens is 3. The molecule has 0 fully saturated rings. The Morgan fingerprint density at radius 1 is 0.567 bits per heavy atom. The standard InChI is InChI=1S/C56H57N3O/c1-35-34-57-50(36(2)49(35)39-21-16-13-17-22-39)41-29-40(30-42(31-41)54(3,4)5)45-23-18-24-48-51(45)58-53(46-32-43(55(6,7)8)33-47(52(46)60)56(9,10)11)59(48)44-27-25-38(26-28-44)37-19-14-12-15-20-37/h12-34,60H,1-11H3/i3D3,4D3,5D3. The van der Waals surface area contributed by atoms with Crippen LogP contribution in [0.4, 0.5) is 0 Å². The molecule has 0 aliphatic heterocycles. The maximum absolute atomic E-state index is 12.4. The zero-order valence-corrected chi connectivity index (χ0v) is 35.6. The van der Waals surface area contributed by atoms with E-state index < -0.39 is 36.9 Å². The number of para-hydroxylation sites is 1. The zero-order chi connectivity index (χ0) is 50.2. The summed E-state index contributed by atoms with van der Waals surface area (Å²) in [4.78, 5) is 10.3. The highest BCUT2D eigenvalue weighted by Gasteiger charge is 2.29. The van der Waals surface area contributed by atoms with E-state index in [9.17, 15) is 5.11 Å². The molecule has 1 N–H and O–H groups in total. The average Bonchev–Trinajstić information content (AvgIpc) is 3.64. The maximum Gasteiger partial charge on any atom is 0.149 e. The summed E-state index contributed by atoms with van der Waals surface area (Å²) in [6.07, 6.45) is 1.71. The minimum absolute atomic E-state index is 0.0757. The third-order valence-corrected chi connectivity index (χ3v) is 11.5. The van der Waals surface area contributed by atoms with Crippen molar-refractivity contribution in [3.8, 4) is 67.5 Å². The smallest absolute Gasteiger partial charge is 0.149 e. The molecule has 60 heavy (non-hydrogen) atoms. The molecule has 0 aliphatic carbocycles. The van der Waals surface area contributed by atoms with Gasteiger partial charge >= 0.3 is 0 Å². The first-order valence-corrected chi connectivity index (χ1v) is 20.4. The lowest BCUT2D eigenvalue weighted by molar-refractivity contribution is 0.446. The number of benzene rings is 6. The number of phenolic OH excluding ortho intramolecular Hbond substituents is 1. The van der Waals surface area contributed by atoms with Gasteiger partial charge in [-0.2, -0.15) is 0 Å². The molecule has 8 aromatic rings. The quantitative estimate of drug-likeness (QED) is 0.182. The molecule has 0 atom stereocenters. The molecule has 0 radical (unpaired) electrons. The molecule has 0 unspecified atom stereocenters. The van der Waals surface area contributed by atoms with Gasteiger partial charge in [0.2, 0.25) is 0 Å². The van der Waals surface area contributed by atoms with E-state index in [-0.39, 0.29) is 11.2 Å². The number of nitrogens with zero attached hydrogens (tertiary/aromatic N) is 3. The van der Waals surface area contributed by atoms with Crippen LogP contribution in [0, 0.1) is 13.8 Å². The van der Waals surface area contributed by atoms with Crippen molar-refractivity contribution in [1.29, 1.82) is 0 Å². The molecule has 0 amide bonds. The maximum atomic E-state index is 12.4. The second-order valence-corrected chi connectivity index (χ2v) is 18.0. The Morgan fingerprint density at radius 3 is 1.82 bits per heavy atom. The number of phenols is 1. The van der Waals surface area contributed by atoms with Crippen LogP contribution in [-0.2, 0) is 16.2 Å². The zero-order valence-electron chi connectivity index (χ0n) is 44.6. The molecule has 4 heteroatoms. The van der Waals surface area contributed by atoms with Crippen LogP contribution in [0.15, 0.2) is 140 Å². The Hall–Kier alpha value is -6.26. The Kier molecular flexibility index (Phi) is 7.73. The number of aryl methyl sites for hydroxylation is 1.